The smallest absolute Gasteiger partial charge is 0.339 e. The van der Waals surface area contributed by atoms with Gasteiger partial charge in [-0.15, -0.1) is 0 Å². The van der Waals surface area contributed by atoms with Crippen LogP contribution < -0.4 is 0 Å². The Kier molecular flexibility index (Phi) is 9.68. The SMILES string of the molecule is O=C(C=Cc1ccc(O)c(O)c1)O[C@@]1(O)[C@H](O)C[C@](O)(C(=O)O)C[C@@H]1OC(=O)C(=Cc1ccc(O)c(O)c1)c1cccc(CO)c1. The van der Waals surface area contributed by atoms with Crippen LogP contribution in [0.5, 0.6) is 23.0 Å². The second-order valence-electron chi connectivity index (χ2n) is 10.6. The summed E-state index contributed by atoms with van der Waals surface area (Å²) in [7, 11) is 0. The highest BCUT2D eigenvalue weighted by atomic mass is 16.7. The monoisotopic (exact) mass is 638 g/mol. The van der Waals surface area contributed by atoms with Gasteiger partial charge in [0, 0.05) is 18.9 Å². The molecule has 9 N–H and O–H groups in total. The van der Waals surface area contributed by atoms with Crippen LogP contribution >= 0.6 is 0 Å². The van der Waals surface area contributed by atoms with Gasteiger partial charge in [0.1, 0.15) is 6.10 Å². The Balaban J connectivity index is 1.71. The molecule has 0 spiro atoms. The van der Waals surface area contributed by atoms with Gasteiger partial charge in [0.05, 0.1) is 12.2 Å². The van der Waals surface area contributed by atoms with Crippen LogP contribution in [0.25, 0.3) is 17.7 Å². The Morgan fingerprint density at radius 1 is 0.848 bits per heavy atom. The number of aliphatic hydroxyl groups excluding tert-OH is 2. The van der Waals surface area contributed by atoms with Gasteiger partial charge >= 0.3 is 17.9 Å². The standard InChI is InChI=1S/C32H30O14/c33-16-19-2-1-3-20(10-19)21(11-18-5-8-23(35)25(37)13-18)29(40)45-27-15-31(43,30(41)42)14-26(38)32(27,44)46-28(39)9-6-17-4-7-22(34)24(36)12-17/h1-13,26-27,33-38,43-44H,14-16H2,(H,41,42)/t26-,27+,31-,32+/m1/s1. The van der Waals surface area contributed by atoms with E-state index in [4.69, 9.17) is 9.47 Å². The number of hydrogen-bond donors (Lipinski definition) is 9. The number of aliphatic carboxylic acids is 1. The van der Waals surface area contributed by atoms with Gasteiger partial charge in [0.2, 0.25) is 0 Å². The molecule has 0 amide bonds. The average Bonchev–Trinajstić information content (AvgIpc) is 3.01. The van der Waals surface area contributed by atoms with Crippen molar-refractivity contribution < 1.29 is 69.8 Å². The van der Waals surface area contributed by atoms with E-state index in [0.717, 1.165) is 36.4 Å². The first-order valence-corrected chi connectivity index (χ1v) is 13.6. The highest BCUT2D eigenvalue weighted by Crippen LogP contribution is 2.40. The third-order valence-electron chi connectivity index (χ3n) is 7.27. The van der Waals surface area contributed by atoms with E-state index in [1.807, 2.05) is 0 Å². The molecule has 1 saturated carbocycles. The highest BCUT2D eigenvalue weighted by molar-refractivity contribution is 6.21. The number of phenolic OH excluding ortho intramolecular Hbond substituents is 4. The maximum absolute atomic E-state index is 13.7. The molecular formula is C32H30O14. The van der Waals surface area contributed by atoms with Crippen molar-refractivity contribution >= 4 is 35.6 Å². The molecule has 0 aliphatic heterocycles. The number of ether oxygens (including phenoxy) is 2. The third-order valence-corrected chi connectivity index (χ3v) is 7.27. The zero-order chi connectivity index (χ0) is 33.8. The Morgan fingerprint density at radius 3 is 2.09 bits per heavy atom. The quantitative estimate of drug-likeness (QED) is 0.0528. The van der Waals surface area contributed by atoms with E-state index in [0.29, 0.717) is 5.56 Å². The van der Waals surface area contributed by atoms with Crippen LogP contribution in [0.4, 0.5) is 0 Å². The lowest BCUT2D eigenvalue weighted by Gasteiger charge is -2.45. The fraction of sp³-hybridized carbons (Fsp3) is 0.219. The average molecular weight is 639 g/mol. The number of esters is 2. The maximum Gasteiger partial charge on any atom is 0.339 e. The van der Waals surface area contributed by atoms with E-state index in [-0.39, 0.29) is 22.3 Å². The topological polar surface area (TPSA) is 252 Å². The molecule has 14 nitrogen and oxygen atoms in total. The van der Waals surface area contributed by atoms with Crippen LogP contribution in [0.15, 0.2) is 66.7 Å². The minimum Gasteiger partial charge on any atom is -0.504 e. The van der Waals surface area contributed by atoms with Gasteiger partial charge in [0.15, 0.2) is 34.7 Å². The Bertz CT molecular complexity index is 1710. The number of carbonyl (C=O) groups excluding carboxylic acids is 2. The second kappa shape index (κ2) is 13.3. The van der Waals surface area contributed by atoms with Crippen molar-refractivity contribution in [2.45, 2.75) is 43.0 Å². The summed E-state index contributed by atoms with van der Waals surface area (Å²) in [5.41, 5.74) is -2.10. The zero-order valence-corrected chi connectivity index (χ0v) is 23.8. The van der Waals surface area contributed by atoms with E-state index in [9.17, 15) is 60.3 Å². The molecule has 4 rings (SSSR count). The number of aliphatic hydroxyl groups is 4. The summed E-state index contributed by atoms with van der Waals surface area (Å²) >= 11 is 0. The minimum atomic E-state index is -3.08. The lowest BCUT2D eigenvalue weighted by molar-refractivity contribution is -0.314. The molecule has 1 aliphatic rings. The van der Waals surface area contributed by atoms with Gasteiger partial charge in [0.25, 0.3) is 5.79 Å². The summed E-state index contributed by atoms with van der Waals surface area (Å²) in [6.07, 6.45) is -3.40. The largest absolute Gasteiger partial charge is 0.504 e. The van der Waals surface area contributed by atoms with E-state index in [1.165, 1.54) is 36.4 Å². The van der Waals surface area contributed by atoms with Crippen molar-refractivity contribution in [3.63, 3.8) is 0 Å². The summed E-state index contributed by atoms with van der Waals surface area (Å²) < 4.78 is 10.6. The first-order valence-electron chi connectivity index (χ1n) is 13.6. The van der Waals surface area contributed by atoms with Crippen LogP contribution in [0.2, 0.25) is 0 Å². The van der Waals surface area contributed by atoms with Gasteiger partial charge in [-0.1, -0.05) is 30.3 Å². The molecule has 3 aromatic carbocycles. The number of hydrogen-bond acceptors (Lipinski definition) is 13. The number of aromatic hydroxyl groups is 4. The molecule has 242 valence electrons. The molecular weight excluding hydrogens is 608 g/mol. The van der Waals surface area contributed by atoms with Gasteiger partial charge in [-0.25, -0.2) is 14.4 Å². The van der Waals surface area contributed by atoms with Crippen molar-refractivity contribution in [3.05, 3.63) is 89.0 Å². The van der Waals surface area contributed by atoms with Gasteiger partial charge < -0.3 is 55.4 Å². The molecule has 0 heterocycles. The zero-order valence-electron chi connectivity index (χ0n) is 23.8. The predicted octanol–water partition coefficient (Wildman–Crippen LogP) is 1.37. The summed E-state index contributed by atoms with van der Waals surface area (Å²) in [6.45, 7) is -0.413. The van der Waals surface area contributed by atoms with Crippen LogP contribution in [0.1, 0.15) is 35.1 Å². The van der Waals surface area contributed by atoms with Crippen molar-refractivity contribution in [3.8, 4) is 23.0 Å². The van der Waals surface area contributed by atoms with Crippen LogP contribution in [0.3, 0.4) is 0 Å². The number of benzene rings is 3. The van der Waals surface area contributed by atoms with Crippen molar-refractivity contribution in [1.29, 1.82) is 0 Å². The fourth-order valence-corrected chi connectivity index (χ4v) is 4.74. The number of phenols is 4. The molecule has 0 radical (unpaired) electrons. The molecule has 4 atom stereocenters. The number of rotatable bonds is 9. The Morgan fingerprint density at radius 2 is 1.48 bits per heavy atom. The summed E-state index contributed by atoms with van der Waals surface area (Å²) in [5, 5.41) is 90.9. The van der Waals surface area contributed by atoms with E-state index < -0.39 is 84.0 Å². The molecule has 0 aromatic heterocycles. The van der Waals surface area contributed by atoms with Crippen LogP contribution in [0, 0.1) is 0 Å². The number of carboxylic acid groups (broad SMARTS) is 1. The lowest BCUT2D eigenvalue weighted by Crippen LogP contribution is -2.66. The summed E-state index contributed by atoms with van der Waals surface area (Å²) in [6, 6.07) is 13.1. The van der Waals surface area contributed by atoms with Gasteiger partial charge in [-0.3, -0.25) is 0 Å². The van der Waals surface area contributed by atoms with Crippen LogP contribution in [-0.4, -0.2) is 87.5 Å². The highest BCUT2D eigenvalue weighted by Gasteiger charge is 2.61. The Labute approximate surface area is 260 Å². The first kappa shape index (κ1) is 33.5. The Hall–Kier alpha value is -5.41. The predicted molar refractivity (Wildman–Crippen MR) is 158 cm³/mol. The number of carboxylic acids is 1. The lowest BCUT2D eigenvalue weighted by atomic mass is 9.77. The molecule has 1 fully saturated rings. The molecule has 0 saturated heterocycles. The van der Waals surface area contributed by atoms with E-state index in [1.54, 1.807) is 6.07 Å². The van der Waals surface area contributed by atoms with Crippen molar-refractivity contribution in [1.82, 2.24) is 0 Å². The van der Waals surface area contributed by atoms with E-state index >= 15 is 0 Å². The van der Waals surface area contributed by atoms with Gasteiger partial charge in [-0.05, 0) is 64.7 Å². The van der Waals surface area contributed by atoms with Crippen molar-refractivity contribution in [2.75, 3.05) is 0 Å². The molecule has 0 unspecified atom stereocenters. The third kappa shape index (κ3) is 7.27. The molecule has 1 aliphatic carbocycles. The normalized spacial score (nSPS) is 23.2. The second-order valence-corrected chi connectivity index (χ2v) is 10.6. The molecule has 0 bridgehead atoms. The summed E-state index contributed by atoms with van der Waals surface area (Å²) in [5.74, 6) is -9.36. The minimum absolute atomic E-state index is 0.148. The molecule has 14 heteroatoms. The first-order chi connectivity index (χ1) is 21.6. The molecule has 46 heavy (non-hydrogen) atoms. The summed E-state index contributed by atoms with van der Waals surface area (Å²) in [4.78, 5) is 38.4. The molecule has 3 aromatic rings. The van der Waals surface area contributed by atoms with E-state index in [2.05, 4.69) is 0 Å². The van der Waals surface area contributed by atoms with Gasteiger partial charge in [-0.2, -0.15) is 0 Å². The van der Waals surface area contributed by atoms with Crippen LogP contribution in [-0.2, 0) is 30.5 Å². The van der Waals surface area contributed by atoms with Crippen molar-refractivity contribution in [2.24, 2.45) is 0 Å². The maximum atomic E-state index is 13.7. The fourth-order valence-electron chi connectivity index (χ4n) is 4.74. The number of carbonyl (C=O) groups is 3.